The summed E-state index contributed by atoms with van der Waals surface area (Å²) in [4.78, 5) is 12.3. The van der Waals surface area contributed by atoms with Crippen LogP contribution in [0.15, 0.2) is 42.5 Å². The smallest absolute Gasteiger partial charge is 0.265 e. The Kier molecular flexibility index (Phi) is 6.24. The molecule has 0 aliphatic carbocycles. The second-order valence-electron chi connectivity index (χ2n) is 5.89. The molecule has 4 nitrogen and oxygen atoms in total. The first-order valence-electron chi connectivity index (χ1n) is 8.27. The van der Waals surface area contributed by atoms with E-state index in [-0.39, 0.29) is 5.91 Å². The average Bonchev–Trinajstić information content (AvgIpc) is 2.57. The predicted octanol–water partition coefficient (Wildman–Crippen LogP) is 4.50. The van der Waals surface area contributed by atoms with Crippen LogP contribution in [0.4, 0.5) is 5.69 Å². The summed E-state index contributed by atoms with van der Waals surface area (Å²) in [6, 6.07) is 13.3. The molecule has 0 heterocycles. The van der Waals surface area contributed by atoms with Crippen molar-refractivity contribution < 1.29 is 14.3 Å². The summed E-state index contributed by atoms with van der Waals surface area (Å²) in [5, 5.41) is 2.86. The molecule has 2 aromatic carbocycles. The average molecular weight is 327 g/mol. The van der Waals surface area contributed by atoms with Crippen molar-refractivity contribution in [3.63, 3.8) is 0 Å². The minimum atomic E-state index is -0.582. The second kappa shape index (κ2) is 8.39. The van der Waals surface area contributed by atoms with Gasteiger partial charge in [0.25, 0.3) is 5.91 Å². The lowest BCUT2D eigenvalue weighted by molar-refractivity contribution is -0.122. The van der Waals surface area contributed by atoms with E-state index in [1.807, 2.05) is 56.3 Å². The van der Waals surface area contributed by atoms with Crippen molar-refractivity contribution in [1.82, 2.24) is 0 Å². The molecule has 1 N–H and O–H groups in total. The van der Waals surface area contributed by atoms with E-state index in [0.29, 0.717) is 6.61 Å². The number of aryl methyl sites for hydroxylation is 2. The molecule has 4 heteroatoms. The zero-order chi connectivity index (χ0) is 17.5. The van der Waals surface area contributed by atoms with Crippen LogP contribution in [-0.4, -0.2) is 18.6 Å². The van der Waals surface area contributed by atoms with Crippen molar-refractivity contribution in [2.75, 3.05) is 11.9 Å². The molecule has 128 valence electrons. The van der Waals surface area contributed by atoms with Gasteiger partial charge in [0.15, 0.2) is 6.10 Å². The molecule has 1 atom stereocenters. The number of benzene rings is 2. The van der Waals surface area contributed by atoms with Crippen LogP contribution in [0.3, 0.4) is 0 Å². The number of hydrogen-bond acceptors (Lipinski definition) is 3. The fourth-order valence-electron chi connectivity index (χ4n) is 2.18. The van der Waals surface area contributed by atoms with Gasteiger partial charge in [-0.2, -0.15) is 0 Å². The molecule has 0 aromatic heterocycles. The Labute approximate surface area is 143 Å². The molecule has 2 rings (SSSR count). The molecule has 2 aromatic rings. The first kappa shape index (κ1) is 17.9. The maximum absolute atomic E-state index is 12.3. The Balaban J connectivity index is 1.94. The number of carbonyl (C=O) groups excluding carboxylic acids is 1. The zero-order valence-electron chi connectivity index (χ0n) is 14.8. The van der Waals surface area contributed by atoms with Gasteiger partial charge in [-0.3, -0.25) is 4.79 Å². The molecular weight excluding hydrogens is 302 g/mol. The summed E-state index contributed by atoms with van der Waals surface area (Å²) < 4.78 is 11.3. The first-order valence-corrected chi connectivity index (χ1v) is 8.27. The third-order valence-electron chi connectivity index (χ3n) is 3.61. The van der Waals surface area contributed by atoms with Crippen LogP contribution in [0.25, 0.3) is 0 Å². The maximum Gasteiger partial charge on any atom is 0.265 e. The molecule has 0 bridgehead atoms. The van der Waals surface area contributed by atoms with Gasteiger partial charge in [0.05, 0.1) is 6.61 Å². The number of anilines is 1. The standard InChI is InChI=1S/C20H25NO3/c1-5-12-23-18-10-8-17(9-11-18)21-20(22)16(4)24-19-13-14(2)6-7-15(19)3/h6-11,13,16H,5,12H2,1-4H3,(H,21,22). The van der Waals surface area contributed by atoms with Crippen LogP contribution < -0.4 is 14.8 Å². The van der Waals surface area contributed by atoms with Crippen molar-refractivity contribution in [3.05, 3.63) is 53.6 Å². The third-order valence-corrected chi connectivity index (χ3v) is 3.61. The largest absolute Gasteiger partial charge is 0.494 e. The molecule has 0 aliphatic heterocycles. The number of rotatable bonds is 7. The van der Waals surface area contributed by atoms with Crippen molar-refractivity contribution in [2.45, 2.75) is 40.2 Å². The van der Waals surface area contributed by atoms with Crippen molar-refractivity contribution >= 4 is 11.6 Å². The third kappa shape index (κ3) is 5.01. The lowest BCUT2D eigenvalue weighted by atomic mass is 10.1. The van der Waals surface area contributed by atoms with E-state index < -0.39 is 6.10 Å². The molecule has 1 amide bonds. The van der Waals surface area contributed by atoms with Gasteiger partial charge in [-0.1, -0.05) is 19.1 Å². The van der Waals surface area contributed by atoms with E-state index in [1.54, 1.807) is 6.92 Å². The molecule has 0 aliphatic rings. The van der Waals surface area contributed by atoms with Crippen LogP contribution in [-0.2, 0) is 4.79 Å². The lowest BCUT2D eigenvalue weighted by Gasteiger charge is -2.17. The topological polar surface area (TPSA) is 47.6 Å². The number of amides is 1. The monoisotopic (exact) mass is 327 g/mol. The highest BCUT2D eigenvalue weighted by Crippen LogP contribution is 2.21. The van der Waals surface area contributed by atoms with Crippen LogP contribution in [0.1, 0.15) is 31.4 Å². The van der Waals surface area contributed by atoms with E-state index >= 15 is 0 Å². The Morgan fingerprint density at radius 2 is 1.83 bits per heavy atom. The Morgan fingerprint density at radius 3 is 2.50 bits per heavy atom. The molecule has 24 heavy (non-hydrogen) atoms. The SMILES string of the molecule is CCCOc1ccc(NC(=O)C(C)Oc2cc(C)ccc2C)cc1. The Bertz CT molecular complexity index is 680. The minimum absolute atomic E-state index is 0.182. The second-order valence-corrected chi connectivity index (χ2v) is 5.89. The summed E-state index contributed by atoms with van der Waals surface area (Å²) in [5.74, 6) is 1.36. The highest BCUT2D eigenvalue weighted by Gasteiger charge is 2.16. The van der Waals surface area contributed by atoms with Crippen LogP contribution >= 0.6 is 0 Å². The number of ether oxygens (including phenoxy) is 2. The first-order chi connectivity index (χ1) is 11.5. The van der Waals surface area contributed by atoms with E-state index in [4.69, 9.17) is 9.47 Å². The Morgan fingerprint density at radius 1 is 1.12 bits per heavy atom. The highest BCUT2D eigenvalue weighted by atomic mass is 16.5. The fourth-order valence-corrected chi connectivity index (χ4v) is 2.18. The van der Waals surface area contributed by atoms with Crippen LogP contribution in [0.2, 0.25) is 0 Å². The van der Waals surface area contributed by atoms with Crippen LogP contribution in [0, 0.1) is 13.8 Å². The Hall–Kier alpha value is -2.49. The summed E-state index contributed by atoms with van der Waals surface area (Å²) in [6.45, 7) is 8.46. The van der Waals surface area contributed by atoms with E-state index in [1.165, 1.54) is 0 Å². The van der Waals surface area contributed by atoms with Crippen molar-refractivity contribution in [1.29, 1.82) is 0 Å². The van der Waals surface area contributed by atoms with Crippen LogP contribution in [0.5, 0.6) is 11.5 Å². The van der Waals surface area contributed by atoms with Gasteiger partial charge in [-0.15, -0.1) is 0 Å². The normalized spacial score (nSPS) is 11.7. The lowest BCUT2D eigenvalue weighted by Crippen LogP contribution is -2.30. The number of nitrogens with one attached hydrogen (secondary N) is 1. The van der Waals surface area contributed by atoms with Gasteiger partial charge in [0, 0.05) is 5.69 Å². The van der Waals surface area contributed by atoms with Gasteiger partial charge < -0.3 is 14.8 Å². The van der Waals surface area contributed by atoms with Gasteiger partial charge in [-0.05, 0) is 68.7 Å². The van der Waals surface area contributed by atoms with E-state index in [2.05, 4.69) is 12.2 Å². The van der Waals surface area contributed by atoms with Crippen molar-refractivity contribution in [3.8, 4) is 11.5 Å². The molecular formula is C20H25NO3. The number of hydrogen-bond donors (Lipinski definition) is 1. The highest BCUT2D eigenvalue weighted by molar-refractivity contribution is 5.94. The fraction of sp³-hybridized carbons (Fsp3) is 0.350. The maximum atomic E-state index is 12.3. The quantitative estimate of drug-likeness (QED) is 0.814. The summed E-state index contributed by atoms with van der Waals surface area (Å²) >= 11 is 0. The number of carbonyl (C=O) groups is 1. The minimum Gasteiger partial charge on any atom is -0.494 e. The summed E-state index contributed by atoms with van der Waals surface area (Å²) in [6.07, 6.45) is 0.382. The molecule has 0 saturated heterocycles. The van der Waals surface area contributed by atoms with E-state index in [0.717, 1.165) is 34.7 Å². The molecule has 0 saturated carbocycles. The van der Waals surface area contributed by atoms with Gasteiger partial charge >= 0.3 is 0 Å². The zero-order valence-corrected chi connectivity index (χ0v) is 14.8. The molecule has 1 unspecified atom stereocenters. The summed E-state index contributed by atoms with van der Waals surface area (Å²) in [5.41, 5.74) is 2.84. The molecule has 0 fully saturated rings. The molecule has 0 spiro atoms. The van der Waals surface area contributed by atoms with Gasteiger partial charge in [0.1, 0.15) is 11.5 Å². The molecule has 0 radical (unpaired) electrons. The van der Waals surface area contributed by atoms with E-state index in [9.17, 15) is 4.79 Å². The van der Waals surface area contributed by atoms with Gasteiger partial charge in [-0.25, -0.2) is 0 Å². The predicted molar refractivity (Wildman–Crippen MR) is 96.9 cm³/mol. The summed E-state index contributed by atoms with van der Waals surface area (Å²) in [7, 11) is 0. The van der Waals surface area contributed by atoms with Gasteiger partial charge in [0.2, 0.25) is 0 Å². The van der Waals surface area contributed by atoms with Crippen molar-refractivity contribution in [2.24, 2.45) is 0 Å².